The number of hydrogen-bond donors (Lipinski definition) is 3. The van der Waals surface area contributed by atoms with E-state index in [1.807, 2.05) is 12.1 Å². The average Bonchev–Trinajstić information content (AvgIpc) is 3.54. The lowest BCUT2D eigenvalue weighted by atomic mass is 10.1. The van der Waals surface area contributed by atoms with E-state index in [1.54, 1.807) is 38.1 Å². The number of nitrogens with one attached hydrogen (secondary N) is 3. The molecule has 2 amide bonds. The van der Waals surface area contributed by atoms with Gasteiger partial charge < -0.3 is 20.3 Å². The molecule has 12 heteroatoms. The van der Waals surface area contributed by atoms with Crippen LogP contribution in [0.1, 0.15) is 43.3 Å². The zero-order chi connectivity index (χ0) is 26.7. The Labute approximate surface area is 221 Å². The molecule has 200 valence electrons. The van der Waals surface area contributed by atoms with Gasteiger partial charge in [-0.1, -0.05) is 18.2 Å². The predicted octanol–water partition coefficient (Wildman–Crippen LogP) is 2.37. The maximum atomic E-state index is 13.2. The smallest absolute Gasteiger partial charge is 0.410 e. The number of nitrogens with zero attached hydrogens (tertiary/aromatic N) is 6. The Morgan fingerprint density at radius 2 is 2.05 bits per heavy atom. The molecule has 1 unspecified atom stereocenters. The molecule has 4 heterocycles. The largest absolute Gasteiger partial charge is 0.444 e. The van der Waals surface area contributed by atoms with Crippen LogP contribution < -0.4 is 10.6 Å². The number of aromatic nitrogens is 5. The normalized spacial score (nSPS) is 16.3. The summed E-state index contributed by atoms with van der Waals surface area (Å²) in [6, 6.07) is 8.23. The summed E-state index contributed by atoms with van der Waals surface area (Å²) >= 11 is 0. The van der Waals surface area contributed by atoms with Crippen LogP contribution in [0.3, 0.4) is 0 Å². The van der Waals surface area contributed by atoms with Crippen LogP contribution in [0.25, 0.3) is 0 Å². The van der Waals surface area contributed by atoms with Gasteiger partial charge in [0.15, 0.2) is 0 Å². The molecule has 2 aliphatic heterocycles. The van der Waals surface area contributed by atoms with E-state index in [1.165, 1.54) is 10.5 Å². The van der Waals surface area contributed by atoms with Crippen molar-refractivity contribution in [1.29, 1.82) is 0 Å². The van der Waals surface area contributed by atoms with Crippen LogP contribution in [0.4, 0.5) is 16.4 Å². The molecule has 3 N–H and O–H groups in total. The maximum Gasteiger partial charge on any atom is 0.410 e. The minimum atomic E-state index is -0.670. The monoisotopic (exact) mass is 519 g/mol. The van der Waals surface area contributed by atoms with Crippen LogP contribution in [-0.4, -0.2) is 78.6 Å². The third kappa shape index (κ3) is 6.18. The number of aromatic amines is 1. The van der Waals surface area contributed by atoms with Crippen LogP contribution in [-0.2, 0) is 35.3 Å². The predicted molar refractivity (Wildman–Crippen MR) is 140 cm³/mol. The van der Waals surface area contributed by atoms with Gasteiger partial charge in [-0.15, -0.1) is 0 Å². The Morgan fingerprint density at radius 3 is 2.82 bits per heavy atom. The maximum absolute atomic E-state index is 13.2. The fourth-order valence-corrected chi connectivity index (χ4v) is 4.56. The van der Waals surface area contributed by atoms with Crippen LogP contribution in [0.15, 0.2) is 36.7 Å². The molecule has 12 nitrogen and oxygen atoms in total. The number of amides is 2. The minimum absolute atomic E-state index is 0.0307. The van der Waals surface area contributed by atoms with E-state index in [9.17, 15) is 9.59 Å². The minimum Gasteiger partial charge on any atom is -0.444 e. The van der Waals surface area contributed by atoms with Gasteiger partial charge in [-0.3, -0.25) is 9.69 Å². The summed E-state index contributed by atoms with van der Waals surface area (Å²) in [5.74, 6) is 0.412. The van der Waals surface area contributed by atoms with Crippen molar-refractivity contribution in [2.75, 3.05) is 30.3 Å². The molecule has 0 fully saturated rings. The van der Waals surface area contributed by atoms with Crippen molar-refractivity contribution in [2.45, 2.75) is 58.3 Å². The number of rotatable bonds is 7. The summed E-state index contributed by atoms with van der Waals surface area (Å²) in [6.07, 6.45) is 4.79. The number of hydrogen-bond acceptors (Lipinski definition) is 9. The Balaban J connectivity index is 1.19. The highest BCUT2D eigenvalue weighted by molar-refractivity contribution is 5.82. The van der Waals surface area contributed by atoms with Gasteiger partial charge in [0.2, 0.25) is 11.9 Å². The number of para-hydroxylation sites is 1. The van der Waals surface area contributed by atoms with Gasteiger partial charge in [0, 0.05) is 56.3 Å². The summed E-state index contributed by atoms with van der Waals surface area (Å²) in [4.78, 5) is 38.5. The van der Waals surface area contributed by atoms with E-state index in [0.29, 0.717) is 37.6 Å². The first-order valence-corrected chi connectivity index (χ1v) is 12.8. The van der Waals surface area contributed by atoms with Gasteiger partial charge >= 0.3 is 6.09 Å². The van der Waals surface area contributed by atoms with Crippen LogP contribution in [0.2, 0.25) is 0 Å². The van der Waals surface area contributed by atoms with Crippen molar-refractivity contribution < 1.29 is 14.3 Å². The highest BCUT2D eigenvalue weighted by atomic mass is 16.6. The van der Waals surface area contributed by atoms with Crippen molar-refractivity contribution in [1.82, 2.24) is 35.2 Å². The standard InChI is InChI=1S/C26H33N9O3/c1-26(2,3)38-25(37)35(10-8-19-14-28-33-32-19)16-23(36)34-11-9-21-18(15-34)13-27-24(30-21)31-22-12-17-6-4-5-7-20(17)29-22/h4-7,13-14,22,29H,8-12,15-16H2,1-3H3,(H,27,30,31)(H,28,32,33). The number of fused-ring (bicyclic) bond motifs is 2. The molecular weight excluding hydrogens is 486 g/mol. The molecule has 0 saturated carbocycles. The van der Waals surface area contributed by atoms with Gasteiger partial charge in [-0.05, 0) is 32.4 Å². The second-order valence-electron chi connectivity index (χ2n) is 10.5. The molecule has 0 radical (unpaired) electrons. The van der Waals surface area contributed by atoms with E-state index >= 15 is 0 Å². The van der Waals surface area contributed by atoms with Crippen molar-refractivity contribution in [3.05, 3.63) is 59.2 Å². The fraction of sp³-hybridized carbons (Fsp3) is 0.462. The Bertz CT molecular complexity index is 1260. The first-order chi connectivity index (χ1) is 18.2. The number of H-pyrrole nitrogens is 1. The first kappa shape index (κ1) is 25.4. The Kier molecular flexibility index (Phi) is 7.12. The number of ether oxygens (including phenoxy) is 1. The molecule has 38 heavy (non-hydrogen) atoms. The third-order valence-electron chi connectivity index (χ3n) is 6.44. The van der Waals surface area contributed by atoms with Crippen molar-refractivity contribution in [3.63, 3.8) is 0 Å². The van der Waals surface area contributed by atoms with Gasteiger partial charge in [-0.2, -0.15) is 15.4 Å². The van der Waals surface area contributed by atoms with E-state index < -0.39 is 11.7 Å². The summed E-state index contributed by atoms with van der Waals surface area (Å²) in [7, 11) is 0. The summed E-state index contributed by atoms with van der Waals surface area (Å²) in [5.41, 5.74) is 4.26. The summed E-state index contributed by atoms with van der Waals surface area (Å²) in [5, 5.41) is 17.2. The lowest BCUT2D eigenvalue weighted by Crippen LogP contribution is -2.46. The summed E-state index contributed by atoms with van der Waals surface area (Å²) in [6.45, 7) is 6.51. The van der Waals surface area contributed by atoms with Gasteiger partial charge in [0.1, 0.15) is 18.3 Å². The van der Waals surface area contributed by atoms with Gasteiger partial charge in [0.25, 0.3) is 0 Å². The van der Waals surface area contributed by atoms with Gasteiger partial charge in [0.05, 0.1) is 17.6 Å². The van der Waals surface area contributed by atoms with Crippen molar-refractivity contribution >= 4 is 23.6 Å². The lowest BCUT2D eigenvalue weighted by molar-refractivity contribution is -0.133. The molecule has 2 aromatic heterocycles. The van der Waals surface area contributed by atoms with Crippen molar-refractivity contribution in [3.8, 4) is 0 Å². The Morgan fingerprint density at radius 1 is 1.21 bits per heavy atom. The Hall–Kier alpha value is -4.22. The fourth-order valence-electron chi connectivity index (χ4n) is 4.56. The number of carbonyl (C=O) groups excluding carboxylic acids is 2. The molecule has 0 aliphatic carbocycles. The number of carbonyl (C=O) groups is 2. The molecule has 1 aromatic carbocycles. The second-order valence-corrected chi connectivity index (χ2v) is 10.5. The third-order valence-corrected chi connectivity index (χ3v) is 6.44. The molecule has 0 bridgehead atoms. The first-order valence-electron chi connectivity index (χ1n) is 12.8. The molecule has 5 rings (SSSR count). The number of anilines is 2. The molecule has 3 aromatic rings. The lowest BCUT2D eigenvalue weighted by Gasteiger charge is -2.32. The zero-order valence-electron chi connectivity index (χ0n) is 21.9. The number of benzene rings is 1. The topological polar surface area (TPSA) is 141 Å². The molecular formula is C26H33N9O3. The highest BCUT2D eigenvalue weighted by Crippen LogP contribution is 2.26. The van der Waals surface area contributed by atoms with Crippen molar-refractivity contribution in [2.24, 2.45) is 0 Å². The molecule has 2 aliphatic rings. The average molecular weight is 520 g/mol. The van der Waals surface area contributed by atoms with E-state index in [0.717, 1.165) is 23.4 Å². The van der Waals surface area contributed by atoms with E-state index in [2.05, 4.69) is 43.2 Å². The molecule has 0 saturated heterocycles. The van der Waals surface area contributed by atoms with Gasteiger partial charge in [-0.25, -0.2) is 14.8 Å². The highest BCUT2D eigenvalue weighted by Gasteiger charge is 2.29. The SMILES string of the molecule is CC(C)(C)OC(=O)N(CCc1cn[nH]n1)CC(=O)N1CCc2nc(NC3Cc4ccccc4N3)ncc2C1. The zero-order valence-corrected chi connectivity index (χ0v) is 21.9. The van der Waals surface area contributed by atoms with Crippen LogP contribution in [0.5, 0.6) is 0 Å². The van der Waals surface area contributed by atoms with Crippen LogP contribution in [0, 0.1) is 0 Å². The molecule has 1 atom stereocenters. The second kappa shape index (κ2) is 10.6. The quantitative estimate of drug-likeness (QED) is 0.429. The van der Waals surface area contributed by atoms with Crippen LogP contribution >= 0.6 is 0 Å². The molecule has 0 spiro atoms. The van der Waals surface area contributed by atoms with E-state index in [-0.39, 0.29) is 25.2 Å². The van der Waals surface area contributed by atoms with E-state index in [4.69, 9.17) is 9.72 Å². The summed E-state index contributed by atoms with van der Waals surface area (Å²) < 4.78 is 5.54.